The molecule has 2 aromatic heterocycles. The van der Waals surface area contributed by atoms with E-state index in [-0.39, 0.29) is 28.1 Å². The minimum absolute atomic E-state index is 0.134. The molecule has 8 nitrogen and oxygen atoms in total. The SMILES string of the molecule is CC(=O)c1ccc(Sc2nnc(-c3ccco3)o2)c([N+](=O)[O-])c1. The lowest BCUT2D eigenvalue weighted by Gasteiger charge is -2.01. The zero-order valence-electron chi connectivity index (χ0n) is 11.8. The molecular formula is C14H9N3O5S. The van der Waals surface area contributed by atoms with E-state index < -0.39 is 4.92 Å². The highest BCUT2D eigenvalue weighted by molar-refractivity contribution is 7.99. The Morgan fingerprint density at radius 1 is 1.30 bits per heavy atom. The summed E-state index contributed by atoms with van der Waals surface area (Å²) in [5.41, 5.74) is 0.0725. The Hall–Kier alpha value is -2.94. The molecule has 0 atom stereocenters. The van der Waals surface area contributed by atoms with Crippen molar-refractivity contribution in [3.05, 3.63) is 52.3 Å². The number of carbonyl (C=O) groups is 1. The number of aromatic nitrogens is 2. The second kappa shape index (κ2) is 6.05. The number of nitro benzene ring substituents is 1. The van der Waals surface area contributed by atoms with E-state index in [1.165, 1.54) is 31.4 Å². The minimum atomic E-state index is -0.557. The molecule has 0 amide bonds. The van der Waals surface area contributed by atoms with Gasteiger partial charge in [0.25, 0.3) is 16.8 Å². The average Bonchev–Trinajstić information content (AvgIpc) is 3.17. The van der Waals surface area contributed by atoms with Gasteiger partial charge in [-0.1, -0.05) is 0 Å². The number of furan rings is 1. The van der Waals surface area contributed by atoms with Gasteiger partial charge in [0.15, 0.2) is 11.5 Å². The summed E-state index contributed by atoms with van der Waals surface area (Å²) in [7, 11) is 0. The van der Waals surface area contributed by atoms with Gasteiger partial charge >= 0.3 is 0 Å². The highest BCUT2D eigenvalue weighted by atomic mass is 32.2. The summed E-state index contributed by atoms with van der Waals surface area (Å²) in [6, 6.07) is 7.57. The fourth-order valence-corrected chi connectivity index (χ4v) is 2.57. The van der Waals surface area contributed by atoms with E-state index in [4.69, 9.17) is 8.83 Å². The number of nitrogens with zero attached hydrogens (tertiary/aromatic N) is 3. The van der Waals surface area contributed by atoms with Crippen LogP contribution in [0.4, 0.5) is 5.69 Å². The van der Waals surface area contributed by atoms with Crippen LogP contribution in [-0.4, -0.2) is 20.9 Å². The Kier molecular flexibility index (Phi) is 3.94. The predicted molar refractivity (Wildman–Crippen MR) is 79.2 cm³/mol. The number of hydrogen-bond acceptors (Lipinski definition) is 8. The molecule has 116 valence electrons. The monoisotopic (exact) mass is 331 g/mol. The molecule has 0 N–H and O–H groups in total. The van der Waals surface area contributed by atoms with E-state index in [0.717, 1.165) is 11.8 Å². The molecule has 23 heavy (non-hydrogen) atoms. The molecule has 2 heterocycles. The van der Waals surface area contributed by atoms with E-state index in [2.05, 4.69) is 10.2 Å². The molecule has 0 aliphatic rings. The Bertz CT molecular complexity index is 872. The van der Waals surface area contributed by atoms with E-state index in [9.17, 15) is 14.9 Å². The van der Waals surface area contributed by atoms with Gasteiger partial charge in [0.1, 0.15) is 0 Å². The average molecular weight is 331 g/mol. The maximum absolute atomic E-state index is 11.3. The Labute approximate surface area is 133 Å². The molecule has 0 saturated carbocycles. The summed E-state index contributed by atoms with van der Waals surface area (Å²) in [4.78, 5) is 22.3. The van der Waals surface area contributed by atoms with Gasteiger partial charge in [-0.25, -0.2) is 0 Å². The molecule has 9 heteroatoms. The van der Waals surface area contributed by atoms with Crippen molar-refractivity contribution >= 4 is 23.2 Å². The van der Waals surface area contributed by atoms with Gasteiger partial charge in [-0.2, -0.15) is 0 Å². The molecule has 1 aromatic carbocycles. The fourth-order valence-electron chi connectivity index (χ4n) is 1.81. The maximum Gasteiger partial charge on any atom is 0.284 e. The van der Waals surface area contributed by atoms with Crippen LogP contribution in [0.25, 0.3) is 11.7 Å². The number of rotatable bonds is 5. The van der Waals surface area contributed by atoms with Crippen LogP contribution in [0.15, 0.2) is 55.5 Å². The Morgan fingerprint density at radius 2 is 2.13 bits per heavy atom. The molecule has 0 aliphatic carbocycles. The second-order valence-corrected chi connectivity index (χ2v) is 5.44. The van der Waals surface area contributed by atoms with E-state index in [1.807, 2.05) is 0 Å². The summed E-state index contributed by atoms with van der Waals surface area (Å²) in [5.74, 6) is 0.342. The number of hydrogen-bond donors (Lipinski definition) is 0. The van der Waals surface area contributed by atoms with Crippen molar-refractivity contribution in [2.75, 3.05) is 0 Å². The summed E-state index contributed by atoms with van der Waals surface area (Å²) in [5, 5.41) is 19.0. The van der Waals surface area contributed by atoms with E-state index in [1.54, 1.807) is 12.1 Å². The molecule has 0 aliphatic heterocycles. The van der Waals surface area contributed by atoms with Crippen molar-refractivity contribution in [2.24, 2.45) is 0 Å². The van der Waals surface area contributed by atoms with Crippen LogP contribution in [0.2, 0.25) is 0 Å². The minimum Gasteiger partial charge on any atom is -0.459 e. The third kappa shape index (κ3) is 3.14. The van der Waals surface area contributed by atoms with Crippen molar-refractivity contribution in [1.29, 1.82) is 0 Å². The molecule has 0 spiro atoms. The third-order valence-electron chi connectivity index (χ3n) is 2.90. The van der Waals surface area contributed by atoms with Crippen LogP contribution in [0.5, 0.6) is 0 Å². The lowest BCUT2D eigenvalue weighted by Crippen LogP contribution is -1.97. The molecule has 0 fully saturated rings. The van der Waals surface area contributed by atoms with Crippen molar-refractivity contribution in [2.45, 2.75) is 17.0 Å². The van der Waals surface area contributed by atoms with Gasteiger partial charge in [0.2, 0.25) is 0 Å². The lowest BCUT2D eigenvalue weighted by atomic mass is 10.1. The van der Waals surface area contributed by atoms with E-state index >= 15 is 0 Å². The van der Waals surface area contributed by atoms with Gasteiger partial charge in [-0.15, -0.1) is 10.2 Å². The predicted octanol–water partition coefficient (Wildman–Crippen LogP) is 3.59. The molecule has 0 radical (unpaired) electrons. The van der Waals surface area contributed by atoms with Crippen LogP contribution in [-0.2, 0) is 0 Å². The van der Waals surface area contributed by atoms with Crippen molar-refractivity contribution in [1.82, 2.24) is 10.2 Å². The normalized spacial score (nSPS) is 10.7. The standard InChI is InChI=1S/C14H9N3O5S/c1-8(18)9-4-5-12(10(7-9)17(19)20)23-14-16-15-13(22-14)11-3-2-6-21-11/h2-7H,1H3. The first kappa shape index (κ1) is 15.0. The van der Waals surface area contributed by atoms with Crippen molar-refractivity contribution < 1.29 is 18.6 Å². The quantitative estimate of drug-likeness (QED) is 0.396. The number of Topliss-reactive ketones (excluding diaryl/α,β-unsaturated/α-hetero) is 1. The fraction of sp³-hybridized carbons (Fsp3) is 0.0714. The van der Waals surface area contributed by atoms with Crippen molar-refractivity contribution in [3.63, 3.8) is 0 Å². The Morgan fingerprint density at radius 3 is 2.78 bits per heavy atom. The molecule has 3 rings (SSSR count). The van der Waals surface area contributed by atoms with Crippen LogP contribution in [0.1, 0.15) is 17.3 Å². The number of carbonyl (C=O) groups excluding carboxylic acids is 1. The molecule has 3 aromatic rings. The molecule has 0 bridgehead atoms. The lowest BCUT2D eigenvalue weighted by molar-refractivity contribution is -0.387. The second-order valence-electron chi connectivity index (χ2n) is 4.45. The van der Waals surface area contributed by atoms with Crippen LogP contribution in [0.3, 0.4) is 0 Å². The summed E-state index contributed by atoms with van der Waals surface area (Å²) >= 11 is 0.946. The van der Waals surface area contributed by atoms with Gasteiger partial charge in [0, 0.05) is 11.6 Å². The number of nitro groups is 1. The van der Waals surface area contributed by atoms with Gasteiger partial charge in [-0.05, 0) is 43.0 Å². The zero-order chi connectivity index (χ0) is 16.4. The van der Waals surface area contributed by atoms with Gasteiger partial charge in [-0.3, -0.25) is 14.9 Å². The first-order valence-corrected chi connectivity index (χ1v) is 7.21. The van der Waals surface area contributed by atoms with Crippen molar-refractivity contribution in [3.8, 4) is 11.7 Å². The smallest absolute Gasteiger partial charge is 0.284 e. The summed E-state index contributed by atoms with van der Waals surface area (Å²) in [6.45, 7) is 1.35. The largest absolute Gasteiger partial charge is 0.459 e. The first-order valence-electron chi connectivity index (χ1n) is 6.39. The first-order chi connectivity index (χ1) is 11.0. The van der Waals surface area contributed by atoms with Crippen LogP contribution in [0, 0.1) is 10.1 Å². The highest BCUT2D eigenvalue weighted by Gasteiger charge is 2.20. The molecule has 0 saturated heterocycles. The van der Waals surface area contributed by atoms with Gasteiger partial charge < -0.3 is 8.83 Å². The third-order valence-corrected chi connectivity index (χ3v) is 3.80. The summed E-state index contributed by atoms with van der Waals surface area (Å²) < 4.78 is 10.5. The molecule has 0 unspecified atom stereocenters. The van der Waals surface area contributed by atoms with Gasteiger partial charge in [0.05, 0.1) is 16.1 Å². The summed E-state index contributed by atoms with van der Waals surface area (Å²) in [6.07, 6.45) is 1.47. The maximum atomic E-state index is 11.3. The number of benzene rings is 1. The van der Waals surface area contributed by atoms with Crippen LogP contribution < -0.4 is 0 Å². The topological polar surface area (TPSA) is 112 Å². The zero-order valence-corrected chi connectivity index (χ0v) is 12.6. The highest BCUT2D eigenvalue weighted by Crippen LogP contribution is 2.35. The Balaban J connectivity index is 1.91. The van der Waals surface area contributed by atoms with E-state index in [0.29, 0.717) is 10.7 Å². The molecular weight excluding hydrogens is 322 g/mol. The number of ketones is 1. The van der Waals surface area contributed by atoms with Crippen LogP contribution >= 0.6 is 11.8 Å².